The van der Waals surface area contributed by atoms with Gasteiger partial charge in [0.25, 0.3) is 5.56 Å². The molecule has 1 unspecified atom stereocenters. The first-order valence-corrected chi connectivity index (χ1v) is 12.8. The number of aromatic nitrogens is 2. The molecule has 0 saturated heterocycles. The van der Waals surface area contributed by atoms with E-state index < -0.39 is 5.92 Å². The lowest BCUT2D eigenvalue weighted by molar-refractivity contribution is -0.118. The molecule has 2 aromatic carbocycles. The number of hydrogen-bond donors (Lipinski definition) is 2. The van der Waals surface area contributed by atoms with Crippen LogP contribution in [0.1, 0.15) is 49.3 Å². The highest BCUT2D eigenvalue weighted by Crippen LogP contribution is 2.47. The molecule has 0 saturated carbocycles. The number of H-pyrrole nitrogens is 1. The number of hydrogen-bond acceptors (Lipinski definition) is 5. The number of anilines is 1. The first kappa shape index (κ1) is 23.1. The second-order valence-electron chi connectivity index (χ2n) is 9.46. The number of thioether (sulfide) groups is 1. The third kappa shape index (κ3) is 4.36. The van der Waals surface area contributed by atoms with Gasteiger partial charge in [-0.25, -0.2) is 9.37 Å². The molecule has 3 aromatic rings. The van der Waals surface area contributed by atoms with Gasteiger partial charge in [-0.15, -0.1) is 0 Å². The van der Waals surface area contributed by atoms with Crippen molar-refractivity contribution in [2.45, 2.75) is 43.5 Å². The van der Waals surface area contributed by atoms with Crippen molar-refractivity contribution in [1.29, 1.82) is 0 Å². The second kappa shape index (κ2) is 8.82. The Hall–Kier alpha value is -2.71. The first-order chi connectivity index (χ1) is 16.2. The van der Waals surface area contributed by atoms with Crippen LogP contribution < -0.4 is 10.9 Å². The van der Waals surface area contributed by atoms with Crippen LogP contribution in [0.25, 0.3) is 0 Å². The molecule has 0 amide bonds. The van der Waals surface area contributed by atoms with Crippen molar-refractivity contribution in [3.05, 3.63) is 97.1 Å². The fourth-order valence-electron chi connectivity index (χ4n) is 4.71. The molecule has 0 fully saturated rings. The molecule has 8 heteroatoms. The number of nitrogens with zero attached hydrogens (tertiary/aromatic N) is 1. The van der Waals surface area contributed by atoms with E-state index in [-0.39, 0.29) is 22.6 Å². The van der Waals surface area contributed by atoms with Gasteiger partial charge in [-0.05, 0) is 41.2 Å². The van der Waals surface area contributed by atoms with Gasteiger partial charge in [0, 0.05) is 33.8 Å². The Morgan fingerprint density at radius 2 is 1.85 bits per heavy atom. The summed E-state index contributed by atoms with van der Waals surface area (Å²) in [7, 11) is 0. The molecule has 34 heavy (non-hydrogen) atoms. The van der Waals surface area contributed by atoms with Gasteiger partial charge in [-0.3, -0.25) is 9.59 Å². The molecule has 0 bridgehead atoms. The van der Waals surface area contributed by atoms with E-state index in [2.05, 4.69) is 40.1 Å². The molecule has 1 aliphatic carbocycles. The van der Waals surface area contributed by atoms with Gasteiger partial charge in [0.15, 0.2) is 10.9 Å². The zero-order valence-corrected chi connectivity index (χ0v) is 21.1. The van der Waals surface area contributed by atoms with Crippen LogP contribution in [0.5, 0.6) is 0 Å². The van der Waals surface area contributed by atoms with Crippen LogP contribution in [-0.2, 0) is 10.5 Å². The normalized spacial score (nSPS) is 18.8. The Morgan fingerprint density at radius 1 is 1.12 bits per heavy atom. The maximum Gasteiger partial charge on any atom is 0.257 e. The Morgan fingerprint density at radius 3 is 2.59 bits per heavy atom. The van der Waals surface area contributed by atoms with Gasteiger partial charge >= 0.3 is 0 Å². The Balaban J connectivity index is 1.59. The number of ketones is 1. The van der Waals surface area contributed by atoms with Crippen LogP contribution in [0.15, 0.2) is 74.2 Å². The highest BCUT2D eigenvalue weighted by Gasteiger charge is 2.42. The number of Topliss-reactive ketones (excluding diaryl/α,β-unsaturated/α-hetero) is 1. The minimum absolute atomic E-state index is 0.0507. The van der Waals surface area contributed by atoms with Gasteiger partial charge in [0.05, 0.1) is 5.56 Å². The minimum Gasteiger partial charge on any atom is -0.343 e. The lowest BCUT2D eigenvalue weighted by Gasteiger charge is -2.38. The number of fused-ring (bicyclic) bond motifs is 1. The highest BCUT2D eigenvalue weighted by atomic mass is 79.9. The Kier molecular flexibility index (Phi) is 5.98. The summed E-state index contributed by atoms with van der Waals surface area (Å²) in [5, 5.41) is 3.72. The van der Waals surface area contributed by atoms with E-state index in [1.54, 1.807) is 18.2 Å². The number of nitrogens with one attached hydrogen (secondary N) is 2. The average Bonchev–Trinajstić information content (AvgIpc) is 2.77. The van der Waals surface area contributed by atoms with E-state index in [0.29, 0.717) is 46.3 Å². The average molecular weight is 540 g/mol. The van der Waals surface area contributed by atoms with Crippen molar-refractivity contribution in [3.8, 4) is 0 Å². The van der Waals surface area contributed by atoms with Gasteiger partial charge in [0.1, 0.15) is 11.6 Å². The molecule has 174 valence electrons. The molecule has 2 aliphatic rings. The van der Waals surface area contributed by atoms with Crippen molar-refractivity contribution in [2.24, 2.45) is 5.41 Å². The van der Waals surface area contributed by atoms with E-state index in [0.717, 1.165) is 15.7 Å². The number of halogens is 2. The minimum atomic E-state index is -0.496. The zero-order chi connectivity index (χ0) is 24.0. The predicted octanol–water partition coefficient (Wildman–Crippen LogP) is 6.16. The van der Waals surface area contributed by atoms with E-state index in [4.69, 9.17) is 4.98 Å². The van der Waals surface area contributed by atoms with E-state index in [1.165, 1.54) is 17.8 Å². The lowest BCUT2D eigenvalue weighted by Crippen LogP contribution is -2.37. The smallest absolute Gasteiger partial charge is 0.257 e. The summed E-state index contributed by atoms with van der Waals surface area (Å²) in [5.41, 5.74) is 2.82. The summed E-state index contributed by atoms with van der Waals surface area (Å²) >= 11 is 4.73. The lowest BCUT2D eigenvalue weighted by atomic mass is 9.69. The topological polar surface area (TPSA) is 74.8 Å². The number of carbonyl (C=O) groups is 1. The fourth-order valence-corrected chi connectivity index (χ4v) is 5.82. The van der Waals surface area contributed by atoms with Crippen LogP contribution in [0, 0.1) is 11.2 Å². The first-order valence-electron chi connectivity index (χ1n) is 11.0. The summed E-state index contributed by atoms with van der Waals surface area (Å²) in [6, 6.07) is 14.2. The quantitative estimate of drug-likeness (QED) is 0.306. The standard InChI is InChI=1S/C26H23BrFN3O2S/c1-26(2)11-18-21(19(32)12-26)20(14-7-9-16(27)10-8-14)22-23(29-18)30-25(31-24(22)33)34-13-15-5-3-4-6-17(15)28/h3-10,20H,11-13H2,1-2H3,(H2,29,30,31,33). The van der Waals surface area contributed by atoms with Crippen LogP contribution >= 0.6 is 27.7 Å². The van der Waals surface area contributed by atoms with Crippen LogP contribution in [-0.4, -0.2) is 15.8 Å². The summed E-state index contributed by atoms with van der Waals surface area (Å²) < 4.78 is 15.0. The number of rotatable bonds is 4. The van der Waals surface area contributed by atoms with Crippen molar-refractivity contribution in [3.63, 3.8) is 0 Å². The van der Waals surface area contributed by atoms with Crippen molar-refractivity contribution in [1.82, 2.24) is 9.97 Å². The van der Waals surface area contributed by atoms with E-state index in [1.807, 2.05) is 24.3 Å². The molecule has 2 N–H and O–H groups in total. The van der Waals surface area contributed by atoms with Gasteiger partial charge in [-0.1, -0.05) is 71.9 Å². The molecular weight excluding hydrogens is 517 g/mol. The van der Waals surface area contributed by atoms with Crippen molar-refractivity contribution >= 4 is 39.3 Å². The third-order valence-corrected chi connectivity index (χ3v) is 7.68. The molecule has 0 radical (unpaired) electrons. The molecular formula is C26H23BrFN3O2S. The monoisotopic (exact) mass is 539 g/mol. The largest absolute Gasteiger partial charge is 0.343 e. The zero-order valence-electron chi connectivity index (χ0n) is 18.7. The van der Waals surface area contributed by atoms with Crippen molar-refractivity contribution in [2.75, 3.05) is 5.32 Å². The summed E-state index contributed by atoms with van der Waals surface area (Å²) in [6.45, 7) is 4.14. The summed E-state index contributed by atoms with van der Waals surface area (Å²) in [5.74, 6) is 0.0577. The Bertz CT molecular complexity index is 1380. The third-order valence-electron chi connectivity index (χ3n) is 6.23. The molecule has 1 aliphatic heterocycles. The fraction of sp³-hybridized carbons (Fsp3) is 0.269. The number of benzene rings is 2. The Labute approximate surface area is 209 Å². The highest BCUT2D eigenvalue weighted by molar-refractivity contribution is 9.10. The maximum atomic E-state index is 14.0. The molecule has 1 atom stereocenters. The molecule has 1 aromatic heterocycles. The second-order valence-corrected chi connectivity index (χ2v) is 11.3. The molecule has 2 heterocycles. The van der Waals surface area contributed by atoms with Crippen LogP contribution in [0.3, 0.4) is 0 Å². The number of carbonyl (C=O) groups excluding carboxylic acids is 1. The van der Waals surface area contributed by atoms with Crippen LogP contribution in [0.2, 0.25) is 0 Å². The van der Waals surface area contributed by atoms with Crippen molar-refractivity contribution < 1.29 is 9.18 Å². The molecule has 5 rings (SSSR count). The molecule has 0 spiro atoms. The van der Waals surface area contributed by atoms with Gasteiger partial charge in [0.2, 0.25) is 0 Å². The van der Waals surface area contributed by atoms with Gasteiger partial charge < -0.3 is 10.3 Å². The van der Waals surface area contributed by atoms with Crippen LogP contribution in [0.4, 0.5) is 10.2 Å². The van der Waals surface area contributed by atoms with E-state index >= 15 is 0 Å². The molecule has 5 nitrogen and oxygen atoms in total. The number of aromatic amines is 1. The summed E-state index contributed by atoms with van der Waals surface area (Å²) in [6.07, 6.45) is 1.12. The maximum absolute atomic E-state index is 14.0. The predicted molar refractivity (Wildman–Crippen MR) is 135 cm³/mol. The summed E-state index contributed by atoms with van der Waals surface area (Å²) in [4.78, 5) is 34.2. The number of allylic oxidation sites excluding steroid dienone is 2. The SMILES string of the molecule is CC1(C)CC(=O)C2=C(C1)Nc1nc(SCc3ccccc3F)[nH]c(=O)c1C2c1ccc(Br)cc1. The van der Waals surface area contributed by atoms with E-state index in [9.17, 15) is 14.0 Å². The van der Waals surface area contributed by atoms with Gasteiger partial charge in [-0.2, -0.15) is 0 Å².